The number of aliphatic hydroxyl groups is 6. The Morgan fingerprint density at radius 2 is 1.31 bits per heavy atom. The fraction of sp³-hybridized carbons (Fsp3) is 0.800. The maximum atomic E-state index is 10.1. The smallest absolute Gasteiger partial charge is 0.370 e. The summed E-state index contributed by atoms with van der Waals surface area (Å²) in [7, 11) is 0. The maximum absolute atomic E-state index is 10.1. The van der Waals surface area contributed by atoms with Gasteiger partial charge in [0.2, 0.25) is 5.79 Å². The lowest BCUT2D eigenvalue weighted by Gasteiger charge is -2.37. The number of rotatable bonds is 3. The first-order valence-corrected chi connectivity index (χ1v) is 3.02. The molecule has 7 N–H and O–H groups in total. The first kappa shape index (κ1) is 12.2. The van der Waals surface area contributed by atoms with Crippen LogP contribution < -0.4 is 0 Å². The molecule has 13 heavy (non-hydrogen) atoms. The molecular formula is C5H10O8. The maximum Gasteiger partial charge on any atom is 0.370 e. The van der Waals surface area contributed by atoms with Gasteiger partial charge in [-0.15, -0.1) is 0 Å². The van der Waals surface area contributed by atoms with Crippen LogP contribution >= 0.6 is 0 Å². The molecular weight excluding hydrogens is 188 g/mol. The van der Waals surface area contributed by atoms with Crippen LogP contribution in [0.4, 0.5) is 0 Å². The molecule has 0 aromatic carbocycles. The molecule has 0 radical (unpaired) electrons. The Bertz CT molecular complexity index is 211. The molecule has 0 heterocycles. The number of carboxylic acid groups (broad SMARTS) is 1. The van der Waals surface area contributed by atoms with Gasteiger partial charge in [0.05, 0.1) is 0 Å². The molecule has 0 rings (SSSR count). The van der Waals surface area contributed by atoms with E-state index in [-0.39, 0.29) is 0 Å². The number of carbonyl (C=O) groups is 1. The molecule has 0 aromatic rings. The SMILES string of the molecule is CC(O)(O)C(O)(O)C(O)(O)C(=O)O. The van der Waals surface area contributed by atoms with Gasteiger partial charge < -0.3 is 35.7 Å². The normalized spacial score (nSPS) is 14.4. The van der Waals surface area contributed by atoms with Crippen LogP contribution in [-0.4, -0.2) is 59.1 Å². The minimum atomic E-state index is -4.09. The van der Waals surface area contributed by atoms with E-state index in [2.05, 4.69) is 0 Å². The molecule has 0 unspecified atom stereocenters. The van der Waals surface area contributed by atoms with Crippen molar-refractivity contribution in [2.24, 2.45) is 0 Å². The summed E-state index contributed by atoms with van der Waals surface area (Å²) in [6, 6.07) is 0. The van der Waals surface area contributed by atoms with Crippen molar-refractivity contribution in [3.63, 3.8) is 0 Å². The quantitative estimate of drug-likeness (QED) is 0.227. The zero-order valence-electron chi connectivity index (χ0n) is 6.54. The summed E-state index contributed by atoms with van der Waals surface area (Å²) in [5, 5.41) is 59.9. The Morgan fingerprint density at radius 1 is 1.00 bits per heavy atom. The van der Waals surface area contributed by atoms with Crippen molar-refractivity contribution in [2.45, 2.75) is 24.3 Å². The Labute approximate surface area is 71.9 Å². The van der Waals surface area contributed by atoms with E-state index in [1.807, 2.05) is 0 Å². The molecule has 0 bridgehead atoms. The molecule has 0 aromatic heterocycles. The summed E-state index contributed by atoms with van der Waals surface area (Å²) in [5.74, 6) is -14.0. The van der Waals surface area contributed by atoms with Gasteiger partial charge in [0.15, 0.2) is 0 Å². The van der Waals surface area contributed by atoms with Crippen LogP contribution in [0.2, 0.25) is 0 Å². The van der Waals surface area contributed by atoms with E-state index in [0.717, 1.165) is 0 Å². The molecule has 0 amide bonds. The third-order valence-corrected chi connectivity index (χ3v) is 1.44. The minimum Gasteiger partial charge on any atom is -0.477 e. The van der Waals surface area contributed by atoms with Gasteiger partial charge in [0.1, 0.15) is 0 Å². The van der Waals surface area contributed by atoms with E-state index in [0.29, 0.717) is 6.92 Å². The van der Waals surface area contributed by atoms with Crippen LogP contribution in [0.1, 0.15) is 6.92 Å². The summed E-state index contributed by atoms with van der Waals surface area (Å²) in [5.41, 5.74) is 0. The van der Waals surface area contributed by atoms with E-state index in [9.17, 15) is 4.79 Å². The third-order valence-electron chi connectivity index (χ3n) is 1.44. The highest BCUT2D eigenvalue weighted by atomic mass is 16.7. The van der Waals surface area contributed by atoms with Crippen molar-refractivity contribution in [3.8, 4) is 0 Å². The van der Waals surface area contributed by atoms with Crippen molar-refractivity contribution in [1.29, 1.82) is 0 Å². The van der Waals surface area contributed by atoms with Crippen molar-refractivity contribution < 1.29 is 40.5 Å². The lowest BCUT2D eigenvalue weighted by atomic mass is 9.98. The van der Waals surface area contributed by atoms with Crippen molar-refractivity contribution >= 4 is 5.97 Å². The molecule has 78 valence electrons. The lowest BCUT2D eigenvalue weighted by molar-refractivity contribution is -0.435. The predicted molar refractivity (Wildman–Crippen MR) is 34.8 cm³/mol. The summed E-state index contributed by atoms with van der Waals surface area (Å²) in [6.07, 6.45) is 0. The zero-order valence-corrected chi connectivity index (χ0v) is 6.54. The van der Waals surface area contributed by atoms with Gasteiger partial charge in [0.25, 0.3) is 5.79 Å². The fourth-order valence-electron chi connectivity index (χ4n) is 0.479. The highest BCUT2D eigenvalue weighted by Crippen LogP contribution is 2.27. The lowest BCUT2D eigenvalue weighted by Crippen LogP contribution is -2.70. The number of aliphatic carboxylic acids is 1. The average Bonchev–Trinajstić information content (AvgIpc) is 1.84. The van der Waals surface area contributed by atoms with Crippen LogP contribution in [0.15, 0.2) is 0 Å². The number of hydrogen-bond acceptors (Lipinski definition) is 7. The molecule has 0 spiro atoms. The Balaban J connectivity index is 5.16. The van der Waals surface area contributed by atoms with Crippen LogP contribution in [0.3, 0.4) is 0 Å². The number of carboxylic acids is 1. The van der Waals surface area contributed by atoms with E-state index >= 15 is 0 Å². The topological polar surface area (TPSA) is 159 Å². The second-order valence-corrected chi connectivity index (χ2v) is 2.67. The van der Waals surface area contributed by atoms with Crippen LogP contribution in [0, 0.1) is 0 Å². The molecule has 0 fully saturated rings. The molecule has 0 atom stereocenters. The molecule has 0 aliphatic carbocycles. The molecule has 0 saturated carbocycles. The van der Waals surface area contributed by atoms with Crippen LogP contribution in [-0.2, 0) is 4.79 Å². The Hall–Kier alpha value is -0.770. The van der Waals surface area contributed by atoms with E-state index < -0.39 is 23.3 Å². The van der Waals surface area contributed by atoms with E-state index in [1.165, 1.54) is 0 Å². The van der Waals surface area contributed by atoms with E-state index in [4.69, 9.17) is 35.7 Å². The van der Waals surface area contributed by atoms with Crippen LogP contribution in [0.25, 0.3) is 0 Å². The van der Waals surface area contributed by atoms with Gasteiger partial charge in [0, 0.05) is 0 Å². The van der Waals surface area contributed by atoms with E-state index in [1.54, 1.807) is 0 Å². The van der Waals surface area contributed by atoms with Gasteiger partial charge in [-0.3, -0.25) is 0 Å². The van der Waals surface area contributed by atoms with Gasteiger partial charge in [-0.25, -0.2) is 4.79 Å². The average molecular weight is 198 g/mol. The summed E-state index contributed by atoms with van der Waals surface area (Å²) in [6.45, 7) is 0.372. The van der Waals surface area contributed by atoms with Gasteiger partial charge in [-0.05, 0) is 6.92 Å². The first-order valence-electron chi connectivity index (χ1n) is 3.02. The minimum absolute atomic E-state index is 0.372. The molecule has 0 saturated heterocycles. The highest BCUT2D eigenvalue weighted by molar-refractivity contribution is 5.76. The molecule has 8 nitrogen and oxygen atoms in total. The van der Waals surface area contributed by atoms with Crippen LogP contribution in [0.5, 0.6) is 0 Å². The van der Waals surface area contributed by atoms with Crippen molar-refractivity contribution in [1.82, 2.24) is 0 Å². The predicted octanol–water partition coefficient (Wildman–Crippen LogP) is -3.87. The first-order chi connectivity index (χ1) is 5.44. The number of hydrogen-bond donors (Lipinski definition) is 7. The van der Waals surface area contributed by atoms with Crippen molar-refractivity contribution in [2.75, 3.05) is 0 Å². The summed E-state index contributed by atoms with van der Waals surface area (Å²) < 4.78 is 0. The monoisotopic (exact) mass is 198 g/mol. The summed E-state index contributed by atoms with van der Waals surface area (Å²) >= 11 is 0. The van der Waals surface area contributed by atoms with Gasteiger partial charge in [-0.2, -0.15) is 0 Å². The largest absolute Gasteiger partial charge is 0.477 e. The second-order valence-electron chi connectivity index (χ2n) is 2.67. The third kappa shape index (κ3) is 1.77. The zero-order chi connectivity index (χ0) is 11.1. The highest BCUT2D eigenvalue weighted by Gasteiger charge is 2.63. The molecule has 8 heteroatoms. The van der Waals surface area contributed by atoms with Crippen molar-refractivity contribution in [3.05, 3.63) is 0 Å². The van der Waals surface area contributed by atoms with Gasteiger partial charge in [-0.1, -0.05) is 0 Å². The summed E-state index contributed by atoms with van der Waals surface area (Å²) in [4.78, 5) is 10.1. The Morgan fingerprint density at radius 3 is 1.38 bits per heavy atom. The molecule has 0 aliphatic rings. The fourth-order valence-corrected chi connectivity index (χ4v) is 0.479. The van der Waals surface area contributed by atoms with Gasteiger partial charge >= 0.3 is 11.8 Å². The standard InChI is InChI=1S/C5H10O8/c1-3(8,9)5(12,13)4(10,11)2(6)7/h8-13H,1H3,(H,6,7). The molecule has 0 aliphatic heterocycles. The second kappa shape index (κ2) is 2.87. The Kier molecular flexibility index (Phi) is 2.70.